The molecule has 3 heteroatoms. The summed E-state index contributed by atoms with van der Waals surface area (Å²) in [5.41, 5.74) is 10.5. The van der Waals surface area contributed by atoms with Crippen LogP contribution in [0.3, 0.4) is 0 Å². The van der Waals surface area contributed by atoms with Crippen molar-refractivity contribution in [2.75, 3.05) is 0 Å². The van der Waals surface area contributed by atoms with Gasteiger partial charge >= 0.3 is 0 Å². The number of hydrogen-bond acceptors (Lipinski definition) is 2. The summed E-state index contributed by atoms with van der Waals surface area (Å²) in [7, 11) is 0. The van der Waals surface area contributed by atoms with Gasteiger partial charge in [0.15, 0.2) is 0 Å². The van der Waals surface area contributed by atoms with Gasteiger partial charge < -0.3 is 10.7 Å². The first-order valence-electron chi connectivity index (χ1n) is 6.70. The minimum absolute atomic E-state index is 0.590. The Hall–Kier alpha value is -1.61. The predicted octanol–water partition coefficient (Wildman–Crippen LogP) is 2.98. The van der Waals surface area contributed by atoms with Crippen LogP contribution >= 0.6 is 0 Å². The first-order valence-corrected chi connectivity index (χ1v) is 6.70. The van der Waals surface area contributed by atoms with E-state index in [-0.39, 0.29) is 0 Å². The maximum atomic E-state index is 5.61. The quantitative estimate of drug-likeness (QED) is 0.868. The molecular weight excluding hydrogens is 222 g/mol. The number of benzene rings is 1. The summed E-state index contributed by atoms with van der Waals surface area (Å²) >= 11 is 0. The molecule has 3 N–H and O–H groups in total. The smallest absolute Gasteiger partial charge is 0.137 e. The fourth-order valence-electron chi connectivity index (χ4n) is 2.74. The SMILES string of the molecule is CCC1CCc2[nH]c(-c3ccc(CN)cc3)nc21. The Labute approximate surface area is 107 Å². The zero-order chi connectivity index (χ0) is 12.5. The lowest BCUT2D eigenvalue weighted by molar-refractivity contribution is 0.641. The van der Waals surface area contributed by atoms with Crippen molar-refractivity contribution in [3.8, 4) is 11.4 Å². The maximum Gasteiger partial charge on any atom is 0.137 e. The molecule has 1 heterocycles. The molecule has 2 aromatic rings. The van der Waals surface area contributed by atoms with Crippen molar-refractivity contribution < 1.29 is 0 Å². The summed E-state index contributed by atoms with van der Waals surface area (Å²) < 4.78 is 0. The van der Waals surface area contributed by atoms with Crippen LogP contribution in [0.4, 0.5) is 0 Å². The second-order valence-electron chi connectivity index (χ2n) is 4.99. The van der Waals surface area contributed by atoms with E-state index < -0.39 is 0 Å². The number of aryl methyl sites for hydroxylation is 1. The number of H-pyrrole nitrogens is 1. The second-order valence-corrected chi connectivity index (χ2v) is 4.99. The number of hydrogen-bond donors (Lipinski definition) is 2. The molecule has 0 aliphatic heterocycles. The zero-order valence-corrected chi connectivity index (χ0v) is 10.7. The predicted molar refractivity (Wildman–Crippen MR) is 73.3 cm³/mol. The number of rotatable bonds is 3. The van der Waals surface area contributed by atoms with E-state index in [4.69, 9.17) is 10.7 Å². The standard InChI is InChI=1S/C15H19N3/c1-2-11-7-8-13-14(11)18-15(17-13)12-5-3-10(9-16)4-6-12/h3-6,11H,2,7-9,16H2,1H3,(H,17,18). The summed E-state index contributed by atoms with van der Waals surface area (Å²) in [5.74, 6) is 1.65. The van der Waals surface area contributed by atoms with Crippen LogP contribution < -0.4 is 5.73 Å². The van der Waals surface area contributed by atoms with Crippen molar-refractivity contribution in [1.29, 1.82) is 0 Å². The second kappa shape index (κ2) is 4.58. The third kappa shape index (κ3) is 1.85. The maximum absolute atomic E-state index is 5.61. The monoisotopic (exact) mass is 241 g/mol. The van der Waals surface area contributed by atoms with Crippen LogP contribution in [0.25, 0.3) is 11.4 Å². The summed E-state index contributed by atoms with van der Waals surface area (Å²) in [4.78, 5) is 8.25. The highest BCUT2D eigenvalue weighted by molar-refractivity contribution is 5.57. The van der Waals surface area contributed by atoms with Gasteiger partial charge in [0.05, 0.1) is 5.69 Å². The van der Waals surface area contributed by atoms with E-state index in [1.54, 1.807) is 0 Å². The van der Waals surface area contributed by atoms with E-state index in [9.17, 15) is 0 Å². The lowest BCUT2D eigenvalue weighted by Gasteiger charge is -2.04. The van der Waals surface area contributed by atoms with Gasteiger partial charge in [-0.25, -0.2) is 4.98 Å². The van der Waals surface area contributed by atoms with Gasteiger partial charge in [-0.3, -0.25) is 0 Å². The highest BCUT2D eigenvalue weighted by atomic mass is 14.9. The number of aromatic nitrogens is 2. The Bertz CT molecular complexity index is 539. The van der Waals surface area contributed by atoms with Crippen LogP contribution in [0, 0.1) is 0 Å². The molecule has 0 bridgehead atoms. The Balaban J connectivity index is 1.93. The van der Waals surface area contributed by atoms with Crippen molar-refractivity contribution in [2.45, 2.75) is 38.6 Å². The van der Waals surface area contributed by atoms with Crippen molar-refractivity contribution in [3.05, 3.63) is 41.2 Å². The minimum Gasteiger partial charge on any atom is -0.342 e. The average Bonchev–Trinajstić information content (AvgIpc) is 2.98. The van der Waals surface area contributed by atoms with Crippen LogP contribution in [0.2, 0.25) is 0 Å². The van der Waals surface area contributed by atoms with E-state index in [0.717, 1.165) is 23.4 Å². The zero-order valence-electron chi connectivity index (χ0n) is 10.7. The van der Waals surface area contributed by atoms with Crippen LogP contribution in [0.15, 0.2) is 24.3 Å². The van der Waals surface area contributed by atoms with Gasteiger partial charge in [0.2, 0.25) is 0 Å². The van der Waals surface area contributed by atoms with Crippen molar-refractivity contribution in [1.82, 2.24) is 9.97 Å². The molecule has 0 saturated heterocycles. The number of aromatic amines is 1. The molecule has 1 aliphatic carbocycles. The molecule has 1 unspecified atom stereocenters. The first-order chi connectivity index (χ1) is 8.81. The molecule has 1 aromatic heterocycles. The van der Waals surface area contributed by atoms with Crippen LogP contribution in [0.1, 0.15) is 42.6 Å². The van der Waals surface area contributed by atoms with Crippen molar-refractivity contribution in [2.24, 2.45) is 5.73 Å². The molecule has 0 saturated carbocycles. The Kier molecular flexibility index (Phi) is 2.92. The third-order valence-corrected chi connectivity index (χ3v) is 3.90. The first kappa shape index (κ1) is 11.5. The molecule has 3 rings (SSSR count). The molecule has 94 valence electrons. The number of fused-ring (bicyclic) bond motifs is 1. The Morgan fingerprint density at radius 2 is 2.11 bits per heavy atom. The van der Waals surface area contributed by atoms with Gasteiger partial charge in [-0.05, 0) is 24.8 Å². The van der Waals surface area contributed by atoms with Crippen molar-refractivity contribution in [3.63, 3.8) is 0 Å². The van der Waals surface area contributed by atoms with E-state index in [0.29, 0.717) is 12.5 Å². The van der Waals surface area contributed by atoms with Gasteiger partial charge in [-0.15, -0.1) is 0 Å². The number of nitrogens with zero attached hydrogens (tertiary/aromatic N) is 1. The number of nitrogens with two attached hydrogens (primary N) is 1. The highest BCUT2D eigenvalue weighted by Crippen LogP contribution is 2.35. The highest BCUT2D eigenvalue weighted by Gasteiger charge is 2.25. The van der Waals surface area contributed by atoms with Crippen LogP contribution in [-0.4, -0.2) is 9.97 Å². The molecule has 18 heavy (non-hydrogen) atoms. The molecule has 3 nitrogen and oxygen atoms in total. The number of imidazole rings is 1. The van der Waals surface area contributed by atoms with Gasteiger partial charge in [0.1, 0.15) is 5.82 Å². The molecule has 0 fully saturated rings. The van der Waals surface area contributed by atoms with Gasteiger partial charge in [-0.1, -0.05) is 31.2 Å². The van der Waals surface area contributed by atoms with E-state index >= 15 is 0 Å². The minimum atomic E-state index is 0.590. The molecule has 1 aliphatic rings. The Morgan fingerprint density at radius 1 is 1.33 bits per heavy atom. The van der Waals surface area contributed by atoms with Crippen LogP contribution in [0.5, 0.6) is 0 Å². The largest absolute Gasteiger partial charge is 0.342 e. The van der Waals surface area contributed by atoms with Crippen molar-refractivity contribution >= 4 is 0 Å². The van der Waals surface area contributed by atoms with Gasteiger partial charge in [-0.2, -0.15) is 0 Å². The summed E-state index contributed by atoms with van der Waals surface area (Å²) in [6.07, 6.45) is 3.57. The lowest BCUT2D eigenvalue weighted by Crippen LogP contribution is -1.95. The normalized spacial score (nSPS) is 18.0. The van der Waals surface area contributed by atoms with Gasteiger partial charge in [0, 0.05) is 23.7 Å². The van der Waals surface area contributed by atoms with E-state index in [1.807, 2.05) is 0 Å². The molecule has 0 spiro atoms. The molecular formula is C15H19N3. The number of nitrogens with one attached hydrogen (secondary N) is 1. The summed E-state index contributed by atoms with van der Waals surface area (Å²) in [6, 6.07) is 8.33. The Morgan fingerprint density at radius 3 is 2.78 bits per heavy atom. The molecule has 1 aromatic carbocycles. The lowest BCUT2D eigenvalue weighted by atomic mass is 10.1. The van der Waals surface area contributed by atoms with Crippen LogP contribution in [-0.2, 0) is 13.0 Å². The average molecular weight is 241 g/mol. The fraction of sp³-hybridized carbons (Fsp3) is 0.400. The summed E-state index contributed by atoms with van der Waals surface area (Å²) in [5, 5.41) is 0. The molecule has 1 atom stereocenters. The topological polar surface area (TPSA) is 54.7 Å². The van der Waals surface area contributed by atoms with E-state index in [1.165, 1.54) is 24.2 Å². The van der Waals surface area contributed by atoms with E-state index in [2.05, 4.69) is 36.2 Å². The third-order valence-electron chi connectivity index (χ3n) is 3.90. The summed E-state index contributed by atoms with van der Waals surface area (Å²) in [6.45, 7) is 2.83. The molecule has 0 radical (unpaired) electrons. The fourth-order valence-corrected chi connectivity index (χ4v) is 2.74. The van der Waals surface area contributed by atoms with Gasteiger partial charge in [0.25, 0.3) is 0 Å². The molecule has 0 amide bonds.